The molecule has 0 unspecified atom stereocenters. The molecule has 0 bridgehead atoms. The van der Waals surface area contributed by atoms with Crippen LogP contribution in [-0.2, 0) is 16.6 Å². The Bertz CT molecular complexity index is 1180. The summed E-state index contributed by atoms with van der Waals surface area (Å²) < 4.78 is 29.2. The molecule has 1 aliphatic heterocycles. The van der Waals surface area contributed by atoms with Crippen molar-refractivity contribution in [3.05, 3.63) is 77.1 Å². The average molecular weight is 440 g/mol. The van der Waals surface area contributed by atoms with E-state index in [-0.39, 0.29) is 24.7 Å². The lowest BCUT2D eigenvalue weighted by molar-refractivity contribution is 0.0692. The Morgan fingerprint density at radius 1 is 1.00 bits per heavy atom. The molecule has 1 saturated heterocycles. The molecule has 1 fully saturated rings. The molecule has 0 spiro atoms. The van der Waals surface area contributed by atoms with Gasteiger partial charge in [-0.1, -0.05) is 53.2 Å². The first-order valence-corrected chi connectivity index (χ1v) is 11.6. The van der Waals surface area contributed by atoms with Crippen molar-refractivity contribution in [2.45, 2.75) is 25.3 Å². The Balaban J connectivity index is 1.40. The van der Waals surface area contributed by atoms with Gasteiger partial charge in [-0.25, -0.2) is 13.1 Å². The van der Waals surface area contributed by atoms with E-state index in [4.69, 9.17) is 0 Å². The first kappa shape index (κ1) is 21.2. The number of benzene rings is 2. The van der Waals surface area contributed by atoms with Crippen LogP contribution in [0.25, 0.3) is 0 Å². The van der Waals surface area contributed by atoms with Crippen LogP contribution in [0.1, 0.15) is 27.2 Å². The molecule has 3 aromatic rings. The number of hydrogen-bond donors (Lipinski definition) is 0. The van der Waals surface area contributed by atoms with Crippen LogP contribution in [0.4, 0.5) is 0 Å². The highest BCUT2D eigenvalue weighted by Gasteiger charge is 2.32. The molecule has 4 rings (SSSR count). The minimum absolute atomic E-state index is 0.233. The molecule has 1 amide bonds. The molecule has 8 nitrogen and oxygen atoms in total. The first-order chi connectivity index (χ1) is 14.8. The number of piperazine rings is 1. The van der Waals surface area contributed by atoms with Gasteiger partial charge in [0.2, 0.25) is 10.0 Å². The summed E-state index contributed by atoms with van der Waals surface area (Å²) in [6.07, 6.45) is 1.63. The number of rotatable bonds is 5. The van der Waals surface area contributed by atoms with E-state index in [1.54, 1.807) is 34.8 Å². The number of nitrogens with zero attached hydrogens (tertiary/aromatic N) is 5. The van der Waals surface area contributed by atoms with E-state index in [1.807, 2.05) is 43.3 Å². The van der Waals surface area contributed by atoms with E-state index in [1.165, 1.54) is 4.31 Å². The summed E-state index contributed by atoms with van der Waals surface area (Å²) in [5, 5.41) is 8.06. The molecule has 1 aromatic heterocycles. The van der Waals surface area contributed by atoms with Crippen molar-refractivity contribution < 1.29 is 13.2 Å². The fourth-order valence-electron chi connectivity index (χ4n) is 3.77. The predicted molar refractivity (Wildman–Crippen MR) is 116 cm³/mol. The summed E-state index contributed by atoms with van der Waals surface area (Å²) in [6.45, 7) is 5.40. The zero-order chi connectivity index (χ0) is 22.0. The summed E-state index contributed by atoms with van der Waals surface area (Å²) in [5.74, 6) is -0.233. The number of amides is 1. The van der Waals surface area contributed by atoms with E-state index < -0.39 is 10.0 Å². The predicted octanol–water partition coefficient (Wildman–Crippen LogP) is 2.09. The largest absolute Gasteiger partial charge is 0.335 e. The quantitative estimate of drug-likeness (QED) is 0.607. The molecule has 0 atom stereocenters. The van der Waals surface area contributed by atoms with Crippen LogP contribution >= 0.6 is 0 Å². The second-order valence-corrected chi connectivity index (χ2v) is 9.66. The Morgan fingerprint density at radius 2 is 1.71 bits per heavy atom. The topological polar surface area (TPSA) is 88.4 Å². The second kappa shape index (κ2) is 8.60. The summed E-state index contributed by atoms with van der Waals surface area (Å²) in [4.78, 5) is 14.8. The van der Waals surface area contributed by atoms with Gasteiger partial charge in [0.1, 0.15) is 0 Å². The smallest absolute Gasteiger partial charge is 0.276 e. The number of carbonyl (C=O) groups is 1. The number of carbonyl (C=O) groups excluding carboxylic acids is 1. The SMILES string of the molecule is Cc1ccc(S(=O)(=O)N2CCN(C(=O)c3cn(Cc4ccccc4)nn3)CC2)c(C)c1. The van der Waals surface area contributed by atoms with Gasteiger partial charge < -0.3 is 4.90 Å². The van der Waals surface area contributed by atoms with Crippen LogP contribution in [0.5, 0.6) is 0 Å². The average Bonchev–Trinajstić information content (AvgIpc) is 3.22. The van der Waals surface area contributed by atoms with Crippen LogP contribution in [0.2, 0.25) is 0 Å². The maximum absolute atomic E-state index is 13.0. The summed E-state index contributed by atoms with van der Waals surface area (Å²) in [5.41, 5.74) is 3.08. The third-order valence-corrected chi connectivity index (χ3v) is 7.48. The molecule has 31 heavy (non-hydrogen) atoms. The zero-order valence-corrected chi connectivity index (χ0v) is 18.4. The van der Waals surface area contributed by atoms with Crippen LogP contribution in [0.15, 0.2) is 59.6 Å². The van der Waals surface area contributed by atoms with Crippen molar-refractivity contribution >= 4 is 15.9 Å². The Labute approximate surface area is 182 Å². The Hall–Kier alpha value is -3.04. The normalized spacial score (nSPS) is 15.2. The molecular weight excluding hydrogens is 414 g/mol. The lowest BCUT2D eigenvalue weighted by Gasteiger charge is -2.33. The van der Waals surface area contributed by atoms with Gasteiger partial charge in [0.15, 0.2) is 5.69 Å². The summed E-state index contributed by atoms with van der Waals surface area (Å²) >= 11 is 0. The van der Waals surface area contributed by atoms with Gasteiger partial charge in [-0.05, 0) is 31.0 Å². The van der Waals surface area contributed by atoms with Crippen molar-refractivity contribution in [3.63, 3.8) is 0 Å². The van der Waals surface area contributed by atoms with Crippen molar-refractivity contribution in [1.29, 1.82) is 0 Å². The molecular formula is C22H25N5O3S. The first-order valence-electron chi connectivity index (χ1n) is 10.2. The van der Waals surface area contributed by atoms with Crippen molar-refractivity contribution in [1.82, 2.24) is 24.2 Å². The third kappa shape index (κ3) is 4.52. The zero-order valence-electron chi connectivity index (χ0n) is 17.6. The summed E-state index contributed by atoms with van der Waals surface area (Å²) in [7, 11) is -3.59. The minimum Gasteiger partial charge on any atom is -0.335 e. The van der Waals surface area contributed by atoms with Crippen LogP contribution in [-0.4, -0.2) is 64.7 Å². The van der Waals surface area contributed by atoms with E-state index in [0.29, 0.717) is 24.5 Å². The van der Waals surface area contributed by atoms with Gasteiger partial charge in [0, 0.05) is 26.2 Å². The fourth-order valence-corrected chi connectivity index (χ4v) is 5.39. The molecule has 162 valence electrons. The van der Waals surface area contributed by atoms with E-state index >= 15 is 0 Å². The number of aromatic nitrogens is 3. The molecule has 0 aliphatic carbocycles. The highest BCUT2D eigenvalue weighted by atomic mass is 32.2. The van der Waals surface area contributed by atoms with Crippen LogP contribution in [0, 0.1) is 13.8 Å². The molecule has 0 radical (unpaired) electrons. The molecule has 0 N–H and O–H groups in total. The fraction of sp³-hybridized carbons (Fsp3) is 0.318. The number of hydrogen-bond acceptors (Lipinski definition) is 5. The van der Waals surface area contributed by atoms with E-state index in [9.17, 15) is 13.2 Å². The van der Waals surface area contributed by atoms with Crippen LogP contribution in [0.3, 0.4) is 0 Å². The lowest BCUT2D eigenvalue weighted by Crippen LogP contribution is -2.50. The Kier molecular flexibility index (Phi) is 5.88. The minimum atomic E-state index is -3.59. The molecule has 0 saturated carbocycles. The lowest BCUT2D eigenvalue weighted by atomic mass is 10.2. The maximum Gasteiger partial charge on any atom is 0.276 e. The highest BCUT2D eigenvalue weighted by molar-refractivity contribution is 7.89. The van der Waals surface area contributed by atoms with Crippen molar-refractivity contribution in [2.24, 2.45) is 0 Å². The Morgan fingerprint density at radius 3 is 2.39 bits per heavy atom. The van der Waals surface area contributed by atoms with Crippen LogP contribution < -0.4 is 0 Å². The number of aryl methyl sites for hydroxylation is 2. The van der Waals surface area contributed by atoms with Gasteiger partial charge in [0.05, 0.1) is 17.6 Å². The standard InChI is InChI=1S/C22H25N5O3S/c1-17-8-9-21(18(2)14-17)31(29,30)27-12-10-25(11-13-27)22(28)20-16-26(24-23-20)15-19-6-4-3-5-7-19/h3-9,14,16H,10-13,15H2,1-2H3. The van der Waals surface area contributed by atoms with E-state index in [2.05, 4.69) is 10.3 Å². The van der Waals surface area contributed by atoms with Gasteiger partial charge in [-0.2, -0.15) is 4.31 Å². The van der Waals surface area contributed by atoms with Crippen molar-refractivity contribution in [3.8, 4) is 0 Å². The third-order valence-electron chi connectivity index (χ3n) is 5.42. The maximum atomic E-state index is 13.0. The molecule has 2 heterocycles. The molecule has 9 heteroatoms. The van der Waals surface area contributed by atoms with Gasteiger partial charge >= 0.3 is 0 Å². The molecule has 2 aromatic carbocycles. The second-order valence-electron chi connectivity index (χ2n) is 7.75. The van der Waals surface area contributed by atoms with Gasteiger partial charge in [0.25, 0.3) is 5.91 Å². The number of sulfonamides is 1. The van der Waals surface area contributed by atoms with Gasteiger partial charge in [-0.15, -0.1) is 5.10 Å². The van der Waals surface area contributed by atoms with E-state index in [0.717, 1.165) is 16.7 Å². The monoisotopic (exact) mass is 439 g/mol. The van der Waals surface area contributed by atoms with Gasteiger partial charge in [-0.3, -0.25) is 4.79 Å². The molecule has 1 aliphatic rings. The summed E-state index contributed by atoms with van der Waals surface area (Å²) in [6, 6.07) is 15.1. The van der Waals surface area contributed by atoms with Crippen molar-refractivity contribution in [2.75, 3.05) is 26.2 Å². The highest BCUT2D eigenvalue weighted by Crippen LogP contribution is 2.22.